The van der Waals surface area contributed by atoms with E-state index < -0.39 is 15.9 Å². The van der Waals surface area contributed by atoms with Gasteiger partial charge in [0.1, 0.15) is 17.2 Å². The minimum Gasteiger partial charge on any atom is -0.497 e. The molecule has 30 heavy (non-hydrogen) atoms. The Labute approximate surface area is 180 Å². The fourth-order valence-electron chi connectivity index (χ4n) is 2.65. The van der Waals surface area contributed by atoms with E-state index in [1.807, 2.05) is 77.5 Å². The van der Waals surface area contributed by atoms with Gasteiger partial charge in [0.2, 0.25) is 15.9 Å². The first-order chi connectivity index (χ1) is 14.3. The molecule has 0 saturated heterocycles. The summed E-state index contributed by atoms with van der Waals surface area (Å²) in [4.78, 5) is 13.8. The number of rotatable bonds is 8. The normalized spacial score (nSPS) is 11.0. The Balaban J connectivity index is 1.67. The van der Waals surface area contributed by atoms with Gasteiger partial charge in [-0.25, -0.2) is 8.42 Å². The van der Waals surface area contributed by atoms with Crippen LogP contribution in [0, 0.1) is 0 Å². The second-order valence-electron chi connectivity index (χ2n) is 6.43. The van der Waals surface area contributed by atoms with E-state index in [0.29, 0.717) is 11.5 Å². The van der Waals surface area contributed by atoms with Gasteiger partial charge in [0.15, 0.2) is 0 Å². The highest BCUT2D eigenvalue weighted by Crippen LogP contribution is 2.33. The van der Waals surface area contributed by atoms with Crippen molar-refractivity contribution < 1.29 is 22.7 Å². The molecule has 8 heteroatoms. The van der Waals surface area contributed by atoms with Crippen LogP contribution < -0.4 is 14.2 Å². The molecule has 3 aromatic carbocycles. The maximum atomic E-state index is 12.0. The van der Waals surface area contributed by atoms with E-state index in [0.717, 1.165) is 27.4 Å². The lowest BCUT2D eigenvalue weighted by Gasteiger charge is -2.10. The number of nitrogens with one attached hydrogen (secondary N) is 1. The van der Waals surface area contributed by atoms with Gasteiger partial charge in [0.25, 0.3) is 0 Å². The lowest BCUT2D eigenvalue weighted by atomic mass is 10.1. The first kappa shape index (κ1) is 21.7. The molecule has 0 spiro atoms. The minimum absolute atomic E-state index is 0.0189. The zero-order valence-electron chi connectivity index (χ0n) is 16.5. The Morgan fingerprint density at radius 2 is 1.47 bits per heavy atom. The zero-order valence-corrected chi connectivity index (χ0v) is 18.1. The van der Waals surface area contributed by atoms with Crippen LogP contribution in [-0.2, 0) is 21.2 Å². The van der Waals surface area contributed by atoms with E-state index in [-0.39, 0.29) is 6.42 Å². The van der Waals surface area contributed by atoms with Crippen molar-refractivity contribution in [1.82, 2.24) is 4.72 Å². The van der Waals surface area contributed by atoms with Gasteiger partial charge in [-0.1, -0.05) is 30.0 Å². The van der Waals surface area contributed by atoms with Crippen LogP contribution in [0.2, 0.25) is 0 Å². The fourth-order valence-corrected chi connectivity index (χ4v) is 4.08. The molecule has 0 aliphatic carbocycles. The molecule has 0 aliphatic heterocycles. The number of hydrogen-bond donors (Lipinski definition) is 1. The summed E-state index contributed by atoms with van der Waals surface area (Å²) in [6.45, 7) is 0. The smallest absolute Gasteiger partial charge is 0.237 e. The van der Waals surface area contributed by atoms with Crippen molar-refractivity contribution in [1.29, 1.82) is 0 Å². The van der Waals surface area contributed by atoms with Crippen molar-refractivity contribution in [3.63, 3.8) is 0 Å². The Morgan fingerprint density at radius 1 is 0.900 bits per heavy atom. The third-order valence-corrected chi connectivity index (χ3v) is 5.69. The number of carbonyl (C=O) groups is 1. The quantitative estimate of drug-likeness (QED) is 0.560. The number of hydrogen-bond acceptors (Lipinski definition) is 6. The van der Waals surface area contributed by atoms with Gasteiger partial charge >= 0.3 is 0 Å². The average Bonchev–Trinajstić information content (AvgIpc) is 2.70. The number of ether oxygens (including phenoxy) is 2. The summed E-state index contributed by atoms with van der Waals surface area (Å²) in [7, 11) is -1.96. The topological polar surface area (TPSA) is 81.7 Å². The summed E-state index contributed by atoms with van der Waals surface area (Å²) in [5.41, 5.74) is 0.752. The van der Waals surface area contributed by atoms with Crippen molar-refractivity contribution in [3.05, 3.63) is 78.4 Å². The van der Waals surface area contributed by atoms with Gasteiger partial charge in [-0.05, 0) is 60.2 Å². The van der Waals surface area contributed by atoms with Crippen LogP contribution in [0.3, 0.4) is 0 Å². The highest BCUT2D eigenvalue weighted by atomic mass is 32.2. The summed E-state index contributed by atoms with van der Waals surface area (Å²) in [5, 5.41) is 0. The molecule has 0 fully saturated rings. The lowest BCUT2D eigenvalue weighted by Crippen LogP contribution is -2.30. The van der Waals surface area contributed by atoms with E-state index in [1.54, 1.807) is 7.11 Å². The molecular weight excluding hydrogens is 422 g/mol. The first-order valence-corrected chi connectivity index (χ1v) is 11.7. The van der Waals surface area contributed by atoms with E-state index in [9.17, 15) is 13.2 Å². The Hall–Kier alpha value is -2.97. The summed E-state index contributed by atoms with van der Waals surface area (Å²) in [6.07, 6.45) is 0.941. The van der Waals surface area contributed by atoms with Crippen LogP contribution in [0.4, 0.5) is 0 Å². The number of methoxy groups -OCH3 is 1. The zero-order chi connectivity index (χ0) is 21.6. The maximum Gasteiger partial charge on any atom is 0.237 e. The molecule has 3 rings (SSSR count). The maximum absolute atomic E-state index is 12.0. The molecule has 6 nitrogen and oxygen atoms in total. The van der Waals surface area contributed by atoms with Crippen molar-refractivity contribution >= 4 is 27.7 Å². The summed E-state index contributed by atoms with van der Waals surface area (Å²) in [5.74, 6) is 1.61. The SMILES string of the molecule is COc1ccc(Oc2ccc(Sc3ccccc3CC(=O)NS(C)(=O)=O)cc2)cc1. The van der Waals surface area contributed by atoms with E-state index in [2.05, 4.69) is 0 Å². The molecule has 0 saturated carbocycles. The number of carbonyl (C=O) groups excluding carboxylic acids is 1. The molecular formula is C22H21NO5S2. The number of benzene rings is 3. The molecule has 0 bridgehead atoms. The summed E-state index contributed by atoms with van der Waals surface area (Å²) in [6, 6.07) is 22.3. The van der Waals surface area contributed by atoms with E-state index in [1.165, 1.54) is 11.8 Å². The van der Waals surface area contributed by atoms with Crippen molar-refractivity contribution in [2.24, 2.45) is 0 Å². The third kappa shape index (κ3) is 6.53. The minimum atomic E-state index is -3.58. The fraction of sp³-hybridized carbons (Fsp3) is 0.136. The van der Waals surface area contributed by atoms with Crippen LogP contribution in [-0.4, -0.2) is 27.7 Å². The summed E-state index contributed by atoms with van der Waals surface area (Å²) < 4.78 is 35.5. The van der Waals surface area contributed by atoms with Gasteiger partial charge < -0.3 is 9.47 Å². The van der Waals surface area contributed by atoms with Crippen molar-refractivity contribution in [3.8, 4) is 17.2 Å². The predicted octanol–water partition coefficient (Wildman–Crippen LogP) is 4.26. The third-order valence-electron chi connectivity index (χ3n) is 3.97. The highest BCUT2D eigenvalue weighted by Gasteiger charge is 2.12. The number of amides is 1. The molecule has 0 aliphatic rings. The Morgan fingerprint density at radius 3 is 2.07 bits per heavy atom. The van der Waals surface area contributed by atoms with Crippen LogP contribution >= 0.6 is 11.8 Å². The van der Waals surface area contributed by atoms with Gasteiger partial charge in [0, 0.05) is 9.79 Å². The van der Waals surface area contributed by atoms with E-state index >= 15 is 0 Å². The van der Waals surface area contributed by atoms with Gasteiger partial charge in [-0.15, -0.1) is 0 Å². The standard InChI is InChI=1S/C22H21NO5S2/c1-27-17-7-9-18(10-8-17)28-19-11-13-20(14-12-19)29-21-6-4-3-5-16(21)15-22(24)23-30(2,25)26/h3-14H,15H2,1-2H3,(H,23,24). The van der Waals surface area contributed by atoms with E-state index in [4.69, 9.17) is 9.47 Å². The van der Waals surface area contributed by atoms with Crippen molar-refractivity contribution in [2.75, 3.05) is 13.4 Å². The molecule has 1 amide bonds. The average molecular weight is 444 g/mol. The molecule has 1 N–H and O–H groups in total. The van der Waals surface area contributed by atoms with Crippen LogP contribution in [0.5, 0.6) is 17.2 Å². The second-order valence-corrected chi connectivity index (χ2v) is 9.30. The lowest BCUT2D eigenvalue weighted by molar-refractivity contribution is -0.118. The predicted molar refractivity (Wildman–Crippen MR) is 117 cm³/mol. The van der Waals surface area contributed by atoms with Crippen LogP contribution in [0.1, 0.15) is 5.56 Å². The molecule has 0 heterocycles. The summed E-state index contributed by atoms with van der Waals surface area (Å²) >= 11 is 1.49. The Kier molecular flexibility index (Phi) is 7.02. The molecule has 0 aromatic heterocycles. The molecule has 0 radical (unpaired) electrons. The molecule has 156 valence electrons. The number of sulfonamides is 1. The first-order valence-electron chi connectivity index (χ1n) is 9.01. The van der Waals surface area contributed by atoms with Crippen molar-refractivity contribution in [2.45, 2.75) is 16.2 Å². The largest absolute Gasteiger partial charge is 0.497 e. The molecule has 0 unspecified atom stereocenters. The Bertz CT molecular complexity index is 1110. The monoisotopic (exact) mass is 443 g/mol. The van der Waals surface area contributed by atoms with Crippen LogP contribution in [0.25, 0.3) is 0 Å². The molecule has 0 atom stereocenters. The second kappa shape index (κ2) is 9.69. The molecule has 3 aromatic rings. The van der Waals surface area contributed by atoms with Gasteiger partial charge in [-0.2, -0.15) is 0 Å². The van der Waals surface area contributed by atoms with Gasteiger partial charge in [-0.3, -0.25) is 9.52 Å². The highest BCUT2D eigenvalue weighted by molar-refractivity contribution is 7.99. The van der Waals surface area contributed by atoms with Crippen LogP contribution in [0.15, 0.2) is 82.6 Å². The van der Waals surface area contributed by atoms with Gasteiger partial charge in [0.05, 0.1) is 19.8 Å².